The van der Waals surface area contributed by atoms with E-state index < -0.39 is 17.6 Å². The van der Waals surface area contributed by atoms with E-state index in [2.05, 4.69) is 15.3 Å². The molecular formula is C24H24F3N5O. The quantitative estimate of drug-likeness (QED) is 0.611. The number of nitrogens with one attached hydrogen (secondary N) is 1. The fraction of sp³-hybridized carbons (Fsp3) is 0.292. The number of amides is 1. The van der Waals surface area contributed by atoms with Gasteiger partial charge in [0.05, 0.1) is 11.1 Å². The molecule has 3 aromatic rings. The molecule has 1 fully saturated rings. The number of halogens is 3. The van der Waals surface area contributed by atoms with Crippen molar-refractivity contribution >= 4 is 23.2 Å². The van der Waals surface area contributed by atoms with Crippen molar-refractivity contribution in [3.05, 3.63) is 77.1 Å². The van der Waals surface area contributed by atoms with Crippen LogP contribution in [-0.2, 0) is 6.18 Å². The van der Waals surface area contributed by atoms with E-state index in [0.29, 0.717) is 43.6 Å². The maximum Gasteiger partial charge on any atom is 0.417 e. The lowest BCUT2D eigenvalue weighted by atomic mass is 10.1. The highest BCUT2D eigenvalue weighted by Crippen LogP contribution is 2.32. The van der Waals surface area contributed by atoms with E-state index in [-0.39, 0.29) is 5.56 Å². The Kier molecular flexibility index (Phi) is 6.22. The third-order valence-electron chi connectivity index (χ3n) is 5.50. The lowest BCUT2D eigenvalue weighted by Crippen LogP contribution is -2.49. The van der Waals surface area contributed by atoms with Crippen LogP contribution in [-0.4, -0.2) is 47.0 Å². The lowest BCUT2D eigenvalue weighted by Gasteiger charge is -2.36. The van der Waals surface area contributed by atoms with Gasteiger partial charge in [0.2, 0.25) is 0 Å². The van der Waals surface area contributed by atoms with Gasteiger partial charge in [0.25, 0.3) is 5.91 Å². The van der Waals surface area contributed by atoms with Gasteiger partial charge >= 0.3 is 6.18 Å². The number of carbonyl (C=O) groups excluding carboxylic acids is 1. The maximum atomic E-state index is 13.3. The summed E-state index contributed by atoms with van der Waals surface area (Å²) >= 11 is 0. The van der Waals surface area contributed by atoms with Crippen LogP contribution in [0.25, 0.3) is 0 Å². The van der Waals surface area contributed by atoms with E-state index >= 15 is 0 Å². The van der Waals surface area contributed by atoms with Crippen LogP contribution < -0.4 is 10.2 Å². The van der Waals surface area contributed by atoms with Crippen molar-refractivity contribution in [2.75, 3.05) is 36.4 Å². The average Bonchev–Trinajstić information content (AvgIpc) is 2.79. The standard InChI is InChI=1S/C24H24F3N5O/c1-16-7-9-18(10-8-16)30-21-15-22(29-17(2)28-21)31-11-13-32(14-12-31)23(33)19-5-3-4-6-20(19)24(25,26)27/h3-10,15H,11-14H2,1-2H3,(H,28,29,30). The second kappa shape index (κ2) is 9.09. The fourth-order valence-corrected chi connectivity index (χ4v) is 3.79. The molecule has 0 saturated carbocycles. The molecular weight excluding hydrogens is 431 g/mol. The molecule has 1 N–H and O–H groups in total. The summed E-state index contributed by atoms with van der Waals surface area (Å²) in [6.07, 6.45) is -4.58. The van der Waals surface area contributed by atoms with Crippen LogP contribution in [0.15, 0.2) is 54.6 Å². The highest BCUT2D eigenvalue weighted by molar-refractivity contribution is 5.96. The zero-order chi connectivity index (χ0) is 23.6. The first-order chi connectivity index (χ1) is 15.7. The van der Waals surface area contributed by atoms with Gasteiger partial charge in [-0.15, -0.1) is 0 Å². The van der Waals surface area contributed by atoms with E-state index in [0.717, 1.165) is 17.3 Å². The summed E-state index contributed by atoms with van der Waals surface area (Å²) in [5, 5.41) is 3.27. The second-order valence-corrected chi connectivity index (χ2v) is 7.97. The third-order valence-corrected chi connectivity index (χ3v) is 5.50. The summed E-state index contributed by atoms with van der Waals surface area (Å²) < 4.78 is 39.9. The molecule has 2 heterocycles. The number of aryl methyl sites for hydroxylation is 2. The molecule has 33 heavy (non-hydrogen) atoms. The topological polar surface area (TPSA) is 61.4 Å². The minimum atomic E-state index is -4.58. The Balaban J connectivity index is 1.46. The van der Waals surface area contributed by atoms with Crippen LogP contribution in [0.4, 0.5) is 30.5 Å². The van der Waals surface area contributed by atoms with Crippen molar-refractivity contribution in [2.45, 2.75) is 20.0 Å². The van der Waals surface area contributed by atoms with Crippen molar-refractivity contribution in [1.82, 2.24) is 14.9 Å². The van der Waals surface area contributed by atoms with Crippen LogP contribution in [0.5, 0.6) is 0 Å². The van der Waals surface area contributed by atoms with E-state index in [1.807, 2.05) is 42.2 Å². The van der Waals surface area contributed by atoms with Gasteiger partial charge < -0.3 is 15.1 Å². The maximum absolute atomic E-state index is 13.3. The monoisotopic (exact) mass is 455 g/mol. The second-order valence-electron chi connectivity index (χ2n) is 7.97. The number of rotatable bonds is 4. The first-order valence-corrected chi connectivity index (χ1v) is 10.6. The SMILES string of the molecule is Cc1ccc(Nc2cc(N3CCN(C(=O)c4ccccc4C(F)(F)F)CC3)nc(C)n2)cc1. The molecule has 0 aliphatic carbocycles. The molecule has 0 bridgehead atoms. The van der Waals surface area contributed by atoms with Crippen molar-refractivity contribution in [2.24, 2.45) is 0 Å². The Morgan fingerprint density at radius 2 is 1.61 bits per heavy atom. The fourth-order valence-electron chi connectivity index (χ4n) is 3.79. The van der Waals surface area contributed by atoms with Crippen LogP contribution >= 0.6 is 0 Å². The predicted octanol–water partition coefficient (Wildman–Crippen LogP) is 4.82. The molecule has 1 amide bonds. The van der Waals surface area contributed by atoms with E-state index in [4.69, 9.17) is 0 Å². The number of alkyl halides is 3. The van der Waals surface area contributed by atoms with E-state index in [1.54, 1.807) is 6.92 Å². The molecule has 0 spiro atoms. The number of anilines is 3. The molecule has 2 aromatic carbocycles. The Labute approximate surface area is 190 Å². The van der Waals surface area contributed by atoms with Crippen molar-refractivity contribution in [1.29, 1.82) is 0 Å². The van der Waals surface area contributed by atoms with Gasteiger partial charge in [-0.3, -0.25) is 4.79 Å². The zero-order valence-corrected chi connectivity index (χ0v) is 18.4. The van der Waals surface area contributed by atoms with Crippen LogP contribution in [0.1, 0.15) is 27.3 Å². The highest BCUT2D eigenvalue weighted by atomic mass is 19.4. The molecule has 4 rings (SSSR count). The zero-order valence-electron chi connectivity index (χ0n) is 18.4. The van der Waals surface area contributed by atoms with E-state index in [9.17, 15) is 18.0 Å². The van der Waals surface area contributed by atoms with Gasteiger partial charge in [-0.2, -0.15) is 13.2 Å². The summed E-state index contributed by atoms with van der Waals surface area (Å²) in [5.74, 6) is 1.35. The minimum Gasteiger partial charge on any atom is -0.353 e. The number of hydrogen-bond donors (Lipinski definition) is 1. The van der Waals surface area contributed by atoms with E-state index in [1.165, 1.54) is 23.1 Å². The normalized spacial score (nSPS) is 14.3. The molecule has 0 unspecified atom stereocenters. The Morgan fingerprint density at radius 1 is 0.939 bits per heavy atom. The van der Waals surface area contributed by atoms with Crippen molar-refractivity contribution < 1.29 is 18.0 Å². The number of benzene rings is 2. The molecule has 0 atom stereocenters. The highest BCUT2D eigenvalue weighted by Gasteiger charge is 2.36. The molecule has 9 heteroatoms. The Hall–Kier alpha value is -3.62. The number of hydrogen-bond acceptors (Lipinski definition) is 5. The van der Waals surface area contributed by atoms with Crippen molar-refractivity contribution in [3.8, 4) is 0 Å². The van der Waals surface area contributed by atoms with Gasteiger partial charge in [-0.1, -0.05) is 29.8 Å². The Morgan fingerprint density at radius 3 is 2.27 bits per heavy atom. The van der Waals surface area contributed by atoms with Crippen LogP contribution in [0, 0.1) is 13.8 Å². The van der Waals surface area contributed by atoms with Gasteiger partial charge in [-0.25, -0.2) is 9.97 Å². The smallest absolute Gasteiger partial charge is 0.353 e. The van der Waals surface area contributed by atoms with Crippen LogP contribution in [0.2, 0.25) is 0 Å². The van der Waals surface area contributed by atoms with Crippen LogP contribution in [0.3, 0.4) is 0 Å². The first-order valence-electron chi connectivity index (χ1n) is 10.6. The molecule has 172 valence electrons. The third kappa shape index (κ3) is 5.24. The summed E-state index contributed by atoms with van der Waals surface area (Å²) in [6, 6.07) is 14.7. The lowest BCUT2D eigenvalue weighted by molar-refractivity contribution is -0.138. The number of aromatic nitrogens is 2. The summed E-state index contributed by atoms with van der Waals surface area (Å²) in [5.41, 5.74) is 0.838. The van der Waals surface area contributed by atoms with Crippen molar-refractivity contribution in [3.63, 3.8) is 0 Å². The molecule has 1 saturated heterocycles. The predicted molar refractivity (Wildman–Crippen MR) is 121 cm³/mol. The number of carbonyl (C=O) groups is 1. The van der Waals surface area contributed by atoms with Gasteiger partial charge in [0, 0.05) is 37.9 Å². The average molecular weight is 455 g/mol. The molecule has 6 nitrogen and oxygen atoms in total. The first kappa shape index (κ1) is 22.6. The Bertz CT molecular complexity index is 1140. The largest absolute Gasteiger partial charge is 0.417 e. The minimum absolute atomic E-state index is 0.300. The number of nitrogens with zero attached hydrogens (tertiary/aromatic N) is 4. The molecule has 0 radical (unpaired) electrons. The number of piperazine rings is 1. The van der Waals surface area contributed by atoms with Gasteiger partial charge in [0.1, 0.15) is 17.5 Å². The molecule has 1 aromatic heterocycles. The van der Waals surface area contributed by atoms with Gasteiger partial charge in [0.15, 0.2) is 0 Å². The van der Waals surface area contributed by atoms with Gasteiger partial charge in [-0.05, 0) is 38.1 Å². The summed E-state index contributed by atoms with van der Waals surface area (Å²) in [6.45, 7) is 5.34. The summed E-state index contributed by atoms with van der Waals surface area (Å²) in [7, 11) is 0. The molecule has 1 aliphatic rings. The summed E-state index contributed by atoms with van der Waals surface area (Å²) in [4.78, 5) is 25.2. The molecule has 1 aliphatic heterocycles.